The van der Waals surface area contributed by atoms with E-state index in [0.717, 1.165) is 12.0 Å². The Morgan fingerprint density at radius 1 is 0.889 bits per heavy atom. The monoisotopic (exact) mass is 253 g/mol. The van der Waals surface area contributed by atoms with Crippen LogP contribution in [0, 0.1) is 16.7 Å². The Morgan fingerprint density at radius 3 is 2.00 bits per heavy atom. The van der Waals surface area contributed by atoms with Crippen molar-refractivity contribution >= 4 is 0 Å². The van der Waals surface area contributed by atoms with Crippen LogP contribution in [0.25, 0.3) is 0 Å². The van der Waals surface area contributed by atoms with Gasteiger partial charge in [0.1, 0.15) is 0 Å². The topological polar surface area (TPSA) is 12.0 Å². The lowest BCUT2D eigenvalue weighted by atomic mass is 9.80. The molecular weight excluding hydrogens is 218 g/mol. The van der Waals surface area contributed by atoms with Crippen molar-refractivity contribution in [2.75, 3.05) is 6.54 Å². The lowest BCUT2D eigenvalue weighted by molar-refractivity contribution is 0.226. The summed E-state index contributed by atoms with van der Waals surface area (Å²) in [5.74, 6) is 0.968. The molecule has 1 aliphatic rings. The molecule has 0 aromatic rings. The molecular formula is C17H35N. The van der Waals surface area contributed by atoms with E-state index in [9.17, 15) is 0 Å². The first-order valence-electron chi connectivity index (χ1n) is 7.89. The second-order valence-corrected chi connectivity index (χ2v) is 8.74. The molecule has 1 aliphatic heterocycles. The van der Waals surface area contributed by atoms with Crippen molar-refractivity contribution in [3.05, 3.63) is 0 Å². The molecule has 1 rings (SSSR count). The Balaban J connectivity index is 2.28. The maximum atomic E-state index is 3.72. The SMILES string of the molecule is CC(C)(C)CCC1CCNC(CCC(C)(C)C)C1. The quantitative estimate of drug-likeness (QED) is 0.743. The molecule has 2 unspecified atom stereocenters. The molecule has 0 aliphatic carbocycles. The van der Waals surface area contributed by atoms with Crippen molar-refractivity contribution in [3.63, 3.8) is 0 Å². The van der Waals surface area contributed by atoms with Crippen LogP contribution >= 0.6 is 0 Å². The van der Waals surface area contributed by atoms with Gasteiger partial charge in [0.25, 0.3) is 0 Å². The zero-order chi connectivity index (χ0) is 13.8. The second-order valence-electron chi connectivity index (χ2n) is 8.74. The van der Waals surface area contributed by atoms with E-state index >= 15 is 0 Å². The third kappa shape index (κ3) is 7.41. The van der Waals surface area contributed by atoms with Gasteiger partial charge in [0.2, 0.25) is 0 Å². The predicted molar refractivity (Wildman–Crippen MR) is 81.9 cm³/mol. The maximum Gasteiger partial charge on any atom is 0.00699 e. The number of hydrogen-bond donors (Lipinski definition) is 1. The molecule has 1 fully saturated rings. The molecule has 108 valence electrons. The van der Waals surface area contributed by atoms with E-state index in [1.807, 2.05) is 0 Å². The van der Waals surface area contributed by atoms with Crippen LogP contribution < -0.4 is 5.32 Å². The van der Waals surface area contributed by atoms with Gasteiger partial charge >= 0.3 is 0 Å². The first-order valence-corrected chi connectivity index (χ1v) is 7.89. The number of nitrogens with one attached hydrogen (secondary N) is 1. The minimum Gasteiger partial charge on any atom is -0.314 e. The fourth-order valence-electron chi connectivity index (χ4n) is 2.82. The summed E-state index contributed by atoms with van der Waals surface area (Å²) in [6, 6.07) is 0.781. The van der Waals surface area contributed by atoms with E-state index in [0.29, 0.717) is 10.8 Å². The highest BCUT2D eigenvalue weighted by molar-refractivity contribution is 4.80. The highest BCUT2D eigenvalue weighted by atomic mass is 14.9. The zero-order valence-electron chi connectivity index (χ0n) is 13.6. The summed E-state index contributed by atoms with van der Waals surface area (Å²) in [6.07, 6.45) is 8.31. The van der Waals surface area contributed by atoms with Gasteiger partial charge in [-0.3, -0.25) is 0 Å². The van der Waals surface area contributed by atoms with Crippen LogP contribution in [0.4, 0.5) is 0 Å². The Hall–Kier alpha value is -0.0400. The molecule has 0 amide bonds. The Morgan fingerprint density at radius 2 is 1.44 bits per heavy atom. The molecule has 2 atom stereocenters. The third-order valence-electron chi connectivity index (χ3n) is 4.15. The van der Waals surface area contributed by atoms with E-state index in [4.69, 9.17) is 0 Å². The summed E-state index contributed by atoms with van der Waals surface area (Å²) in [4.78, 5) is 0. The van der Waals surface area contributed by atoms with E-state index in [2.05, 4.69) is 46.9 Å². The van der Waals surface area contributed by atoms with Crippen molar-refractivity contribution in [2.24, 2.45) is 16.7 Å². The van der Waals surface area contributed by atoms with Crippen LogP contribution in [-0.4, -0.2) is 12.6 Å². The van der Waals surface area contributed by atoms with Gasteiger partial charge in [-0.25, -0.2) is 0 Å². The van der Waals surface area contributed by atoms with Gasteiger partial charge in [0, 0.05) is 6.04 Å². The van der Waals surface area contributed by atoms with Crippen LogP contribution in [0.15, 0.2) is 0 Å². The van der Waals surface area contributed by atoms with Gasteiger partial charge in [-0.15, -0.1) is 0 Å². The van der Waals surface area contributed by atoms with Crippen molar-refractivity contribution in [2.45, 2.75) is 86.1 Å². The second kappa shape index (κ2) is 6.41. The van der Waals surface area contributed by atoms with Gasteiger partial charge in [-0.05, 0) is 61.8 Å². The summed E-state index contributed by atoms with van der Waals surface area (Å²) in [7, 11) is 0. The Labute approximate surface area is 115 Å². The molecule has 1 saturated heterocycles. The summed E-state index contributed by atoms with van der Waals surface area (Å²) in [5, 5.41) is 3.72. The molecule has 0 saturated carbocycles. The molecule has 0 spiro atoms. The third-order valence-corrected chi connectivity index (χ3v) is 4.15. The normalized spacial score (nSPS) is 26.3. The van der Waals surface area contributed by atoms with Crippen molar-refractivity contribution < 1.29 is 0 Å². The summed E-state index contributed by atoms with van der Waals surface area (Å²) < 4.78 is 0. The fourth-order valence-corrected chi connectivity index (χ4v) is 2.82. The standard InChI is InChI=1S/C17H35N/c1-16(2,3)10-7-14-9-12-18-15(13-14)8-11-17(4,5)6/h14-15,18H,7-13H2,1-6H3. The molecule has 18 heavy (non-hydrogen) atoms. The zero-order valence-corrected chi connectivity index (χ0v) is 13.6. The van der Waals surface area contributed by atoms with Crippen molar-refractivity contribution in [1.29, 1.82) is 0 Å². The van der Waals surface area contributed by atoms with Gasteiger partial charge in [-0.2, -0.15) is 0 Å². The highest BCUT2D eigenvalue weighted by Crippen LogP contribution is 2.31. The molecule has 0 radical (unpaired) electrons. The van der Waals surface area contributed by atoms with E-state index < -0.39 is 0 Å². The molecule has 0 aromatic carbocycles. The largest absolute Gasteiger partial charge is 0.314 e. The van der Waals surface area contributed by atoms with E-state index in [-0.39, 0.29) is 0 Å². The summed E-state index contributed by atoms with van der Waals surface area (Å²) >= 11 is 0. The number of piperidine rings is 1. The summed E-state index contributed by atoms with van der Waals surface area (Å²) in [5.41, 5.74) is 0.992. The lowest BCUT2D eigenvalue weighted by Crippen LogP contribution is -2.38. The van der Waals surface area contributed by atoms with E-state index in [1.54, 1.807) is 0 Å². The molecule has 0 aromatic heterocycles. The minimum atomic E-state index is 0.486. The molecule has 0 bridgehead atoms. The first kappa shape index (κ1) is 16.0. The lowest BCUT2D eigenvalue weighted by Gasteiger charge is -2.33. The highest BCUT2D eigenvalue weighted by Gasteiger charge is 2.24. The number of rotatable bonds is 4. The van der Waals surface area contributed by atoms with Crippen LogP contribution in [0.3, 0.4) is 0 Å². The smallest absolute Gasteiger partial charge is 0.00699 e. The molecule has 1 nitrogen and oxygen atoms in total. The first-order chi connectivity index (χ1) is 8.16. The average molecular weight is 253 g/mol. The summed E-state index contributed by atoms with van der Waals surface area (Å²) in [6.45, 7) is 15.4. The van der Waals surface area contributed by atoms with Gasteiger partial charge < -0.3 is 5.32 Å². The van der Waals surface area contributed by atoms with E-state index in [1.165, 1.54) is 45.1 Å². The Bertz CT molecular complexity index is 207. The van der Waals surface area contributed by atoms with Crippen LogP contribution in [0.5, 0.6) is 0 Å². The van der Waals surface area contributed by atoms with Crippen LogP contribution in [-0.2, 0) is 0 Å². The predicted octanol–water partition coefficient (Wildman–Crippen LogP) is 5.01. The minimum absolute atomic E-state index is 0.486. The maximum absolute atomic E-state index is 3.72. The molecule has 1 N–H and O–H groups in total. The fraction of sp³-hybridized carbons (Fsp3) is 1.00. The average Bonchev–Trinajstić information content (AvgIpc) is 2.22. The van der Waals surface area contributed by atoms with Crippen molar-refractivity contribution in [3.8, 4) is 0 Å². The van der Waals surface area contributed by atoms with Gasteiger partial charge in [-0.1, -0.05) is 41.5 Å². The molecule has 1 heterocycles. The van der Waals surface area contributed by atoms with Crippen LogP contribution in [0.2, 0.25) is 0 Å². The van der Waals surface area contributed by atoms with Crippen LogP contribution in [0.1, 0.15) is 80.1 Å². The number of hydrogen-bond acceptors (Lipinski definition) is 1. The van der Waals surface area contributed by atoms with Crippen molar-refractivity contribution in [1.82, 2.24) is 5.32 Å². The Kier molecular flexibility index (Phi) is 5.70. The van der Waals surface area contributed by atoms with Gasteiger partial charge in [0.15, 0.2) is 0 Å². The van der Waals surface area contributed by atoms with Gasteiger partial charge in [0.05, 0.1) is 0 Å². The molecule has 1 heteroatoms.